The van der Waals surface area contributed by atoms with Gasteiger partial charge in [-0.1, -0.05) is 66.7 Å². The topological polar surface area (TPSA) is 70.7 Å². The molecule has 0 saturated carbocycles. The van der Waals surface area contributed by atoms with E-state index in [0.29, 0.717) is 5.56 Å². The molecule has 0 spiro atoms. The van der Waals surface area contributed by atoms with E-state index in [-0.39, 0.29) is 12.7 Å². The first-order valence-electron chi connectivity index (χ1n) is 9.62. The highest BCUT2D eigenvalue weighted by Gasteiger charge is 2.16. The Morgan fingerprint density at radius 3 is 2.00 bits per heavy atom. The van der Waals surface area contributed by atoms with E-state index in [4.69, 9.17) is 4.74 Å². The van der Waals surface area contributed by atoms with Gasteiger partial charge in [-0.2, -0.15) is 0 Å². The molecule has 0 radical (unpaired) electrons. The van der Waals surface area contributed by atoms with E-state index < -0.39 is 11.8 Å². The molecule has 0 aliphatic rings. The molecule has 0 unspecified atom stereocenters. The first kappa shape index (κ1) is 21.1. The van der Waals surface area contributed by atoms with Crippen molar-refractivity contribution < 1.29 is 14.3 Å². The van der Waals surface area contributed by atoms with Crippen molar-refractivity contribution in [3.05, 3.63) is 102 Å². The van der Waals surface area contributed by atoms with Crippen LogP contribution in [0.5, 0.6) is 0 Å². The molecule has 30 heavy (non-hydrogen) atoms. The SMILES string of the molecule is CN(C)c1cccc(C(=O)NNC(=O)COC(c2ccccc2)c2ccccc2)c1. The number of ether oxygens (including phenoxy) is 1. The summed E-state index contributed by atoms with van der Waals surface area (Å²) in [6.45, 7) is -0.202. The second-order valence-corrected chi connectivity index (χ2v) is 6.96. The minimum Gasteiger partial charge on any atom is -0.378 e. The zero-order valence-electron chi connectivity index (χ0n) is 17.0. The van der Waals surface area contributed by atoms with E-state index in [9.17, 15) is 9.59 Å². The second kappa shape index (κ2) is 10.2. The van der Waals surface area contributed by atoms with Crippen molar-refractivity contribution in [3.8, 4) is 0 Å². The molecule has 0 fully saturated rings. The number of nitrogens with zero attached hydrogens (tertiary/aromatic N) is 1. The summed E-state index contributed by atoms with van der Waals surface area (Å²) in [4.78, 5) is 26.5. The van der Waals surface area contributed by atoms with Crippen LogP contribution in [0.1, 0.15) is 27.6 Å². The fourth-order valence-corrected chi connectivity index (χ4v) is 2.96. The van der Waals surface area contributed by atoms with Crippen molar-refractivity contribution in [2.45, 2.75) is 6.10 Å². The summed E-state index contributed by atoms with van der Waals surface area (Å²) in [6.07, 6.45) is -0.384. The third-order valence-corrected chi connectivity index (χ3v) is 4.53. The molecule has 2 N–H and O–H groups in total. The molecule has 6 heteroatoms. The molecule has 0 atom stereocenters. The Balaban J connectivity index is 1.58. The lowest BCUT2D eigenvalue weighted by Gasteiger charge is -2.19. The first-order chi connectivity index (χ1) is 14.5. The maximum Gasteiger partial charge on any atom is 0.269 e. The number of benzene rings is 3. The van der Waals surface area contributed by atoms with Gasteiger partial charge in [0.15, 0.2) is 0 Å². The van der Waals surface area contributed by atoms with Crippen LogP contribution in [0.15, 0.2) is 84.9 Å². The van der Waals surface area contributed by atoms with Gasteiger partial charge in [-0.05, 0) is 29.3 Å². The molecule has 0 heterocycles. The normalized spacial score (nSPS) is 10.5. The third kappa shape index (κ3) is 5.68. The van der Waals surface area contributed by atoms with Gasteiger partial charge in [0.1, 0.15) is 12.7 Å². The van der Waals surface area contributed by atoms with Gasteiger partial charge in [-0.3, -0.25) is 20.4 Å². The zero-order valence-corrected chi connectivity index (χ0v) is 17.0. The molecule has 3 aromatic rings. The van der Waals surface area contributed by atoms with Gasteiger partial charge in [-0.25, -0.2) is 0 Å². The number of amides is 2. The fraction of sp³-hybridized carbons (Fsp3) is 0.167. The van der Waals surface area contributed by atoms with Gasteiger partial charge >= 0.3 is 0 Å². The van der Waals surface area contributed by atoms with E-state index in [0.717, 1.165) is 16.8 Å². The Labute approximate surface area is 176 Å². The predicted octanol–water partition coefficient (Wildman–Crippen LogP) is 3.32. The van der Waals surface area contributed by atoms with Gasteiger partial charge in [0.2, 0.25) is 0 Å². The van der Waals surface area contributed by atoms with E-state index in [1.807, 2.05) is 85.7 Å². The molecule has 0 saturated heterocycles. The van der Waals surface area contributed by atoms with Crippen LogP contribution < -0.4 is 15.8 Å². The average Bonchev–Trinajstić information content (AvgIpc) is 2.79. The molecule has 154 valence electrons. The van der Waals surface area contributed by atoms with Gasteiger partial charge in [0.25, 0.3) is 11.8 Å². The Morgan fingerprint density at radius 2 is 1.43 bits per heavy atom. The first-order valence-corrected chi connectivity index (χ1v) is 9.62. The lowest BCUT2D eigenvalue weighted by atomic mass is 10.0. The van der Waals surface area contributed by atoms with Crippen LogP contribution in [-0.4, -0.2) is 32.5 Å². The molecular formula is C24H25N3O3. The number of nitrogens with one attached hydrogen (secondary N) is 2. The van der Waals surface area contributed by atoms with Crippen LogP contribution >= 0.6 is 0 Å². The Morgan fingerprint density at radius 1 is 0.833 bits per heavy atom. The number of hydrazine groups is 1. The quantitative estimate of drug-likeness (QED) is 0.594. The predicted molar refractivity (Wildman–Crippen MR) is 117 cm³/mol. The van der Waals surface area contributed by atoms with Crippen LogP contribution in [0.25, 0.3) is 0 Å². The molecule has 3 rings (SSSR count). The lowest BCUT2D eigenvalue weighted by molar-refractivity contribution is -0.127. The monoisotopic (exact) mass is 403 g/mol. The van der Waals surface area contributed by atoms with Crippen molar-refractivity contribution in [1.29, 1.82) is 0 Å². The second-order valence-electron chi connectivity index (χ2n) is 6.96. The van der Waals surface area contributed by atoms with Crippen molar-refractivity contribution in [2.24, 2.45) is 0 Å². The lowest BCUT2D eigenvalue weighted by Crippen LogP contribution is -2.43. The molecular weight excluding hydrogens is 378 g/mol. The van der Waals surface area contributed by atoms with Crippen molar-refractivity contribution in [3.63, 3.8) is 0 Å². The minimum atomic E-state index is -0.441. The number of carbonyl (C=O) groups excluding carboxylic acids is 2. The van der Waals surface area contributed by atoms with Gasteiger partial charge in [0, 0.05) is 25.3 Å². The summed E-state index contributed by atoms with van der Waals surface area (Å²) in [7, 11) is 3.79. The third-order valence-electron chi connectivity index (χ3n) is 4.53. The highest BCUT2D eigenvalue weighted by molar-refractivity contribution is 5.96. The number of carbonyl (C=O) groups is 2. The van der Waals surface area contributed by atoms with E-state index in [2.05, 4.69) is 10.9 Å². The largest absolute Gasteiger partial charge is 0.378 e. The van der Waals surface area contributed by atoms with Gasteiger partial charge in [-0.15, -0.1) is 0 Å². The van der Waals surface area contributed by atoms with Crippen molar-refractivity contribution in [1.82, 2.24) is 10.9 Å². The van der Waals surface area contributed by atoms with Crippen LogP contribution in [0.2, 0.25) is 0 Å². The Bertz CT molecular complexity index is 936. The smallest absolute Gasteiger partial charge is 0.269 e. The summed E-state index contributed by atoms with van der Waals surface area (Å²) >= 11 is 0. The van der Waals surface area contributed by atoms with E-state index in [1.165, 1.54) is 0 Å². The highest BCUT2D eigenvalue weighted by Crippen LogP contribution is 2.25. The zero-order chi connectivity index (χ0) is 21.3. The number of hydrogen-bond donors (Lipinski definition) is 2. The Hall–Kier alpha value is -3.64. The molecule has 2 amide bonds. The Kier molecular flexibility index (Phi) is 7.19. The van der Waals surface area contributed by atoms with Crippen LogP contribution in [-0.2, 0) is 9.53 Å². The molecule has 0 bridgehead atoms. The minimum absolute atomic E-state index is 0.202. The fourth-order valence-electron chi connectivity index (χ4n) is 2.96. The maximum atomic E-state index is 12.3. The standard InChI is InChI=1S/C24H25N3O3/c1-27(2)21-15-9-14-20(16-21)24(29)26-25-22(28)17-30-23(18-10-5-3-6-11-18)19-12-7-4-8-13-19/h3-16,23H,17H2,1-2H3,(H,25,28)(H,26,29). The molecule has 6 nitrogen and oxygen atoms in total. The molecule has 0 aliphatic heterocycles. The van der Waals surface area contributed by atoms with Crippen LogP contribution in [0.3, 0.4) is 0 Å². The number of hydrogen-bond acceptors (Lipinski definition) is 4. The van der Waals surface area contributed by atoms with Crippen molar-refractivity contribution in [2.75, 3.05) is 25.6 Å². The maximum absolute atomic E-state index is 12.3. The summed E-state index contributed by atoms with van der Waals surface area (Å²) in [5.41, 5.74) is 8.08. The summed E-state index contributed by atoms with van der Waals surface area (Å²) in [5.74, 6) is -0.835. The average molecular weight is 403 g/mol. The summed E-state index contributed by atoms with van der Waals surface area (Å²) < 4.78 is 5.89. The molecule has 3 aromatic carbocycles. The summed E-state index contributed by atoms with van der Waals surface area (Å²) in [6, 6.07) is 26.5. The van der Waals surface area contributed by atoms with Crippen LogP contribution in [0.4, 0.5) is 5.69 Å². The van der Waals surface area contributed by atoms with Gasteiger partial charge in [0.05, 0.1) is 0 Å². The van der Waals surface area contributed by atoms with E-state index >= 15 is 0 Å². The van der Waals surface area contributed by atoms with Crippen molar-refractivity contribution >= 4 is 17.5 Å². The number of rotatable bonds is 7. The number of anilines is 1. The molecule has 0 aliphatic carbocycles. The van der Waals surface area contributed by atoms with E-state index in [1.54, 1.807) is 18.2 Å². The molecule has 0 aromatic heterocycles. The van der Waals surface area contributed by atoms with Crippen LogP contribution in [0, 0.1) is 0 Å². The van der Waals surface area contributed by atoms with Gasteiger partial charge < -0.3 is 9.64 Å². The highest BCUT2D eigenvalue weighted by atomic mass is 16.5. The summed E-state index contributed by atoms with van der Waals surface area (Å²) in [5, 5.41) is 0.